The second-order valence-electron chi connectivity index (χ2n) is 4.75. The zero-order chi connectivity index (χ0) is 16.4. The lowest BCUT2D eigenvalue weighted by Crippen LogP contribution is -2.13. The highest BCUT2D eigenvalue weighted by molar-refractivity contribution is 6.12. The number of hydrogen-bond donors (Lipinski definition) is 1. The Kier molecular flexibility index (Phi) is 3.68. The van der Waals surface area contributed by atoms with Crippen molar-refractivity contribution in [1.82, 2.24) is 4.98 Å². The summed E-state index contributed by atoms with van der Waals surface area (Å²) in [5.41, 5.74) is 0.485. The summed E-state index contributed by atoms with van der Waals surface area (Å²) in [6.07, 6.45) is 1.50. The van der Waals surface area contributed by atoms with Crippen LogP contribution >= 0.6 is 0 Å². The summed E-state index contributed by atoms with van der Waals surface area (Å²) in [4.78, 5) is 26.5. The number of hydrogen-bond acceptors (Lipinski definition) is 4. The minimum atomic E-state index is -0.956. The van der Waals surface area contributed by atoms with Crippen LogP contribution in [0.1, 0.15) is 10.4 Å². The molecule has 1 heterocycles. The number of pyridine rings is 1. The number of anilines is 1. The van der Waals surface area contributed by atoms with Crippen molar-refractivity contribution in [1.29, 1.82) is 0 Å². The second kappa shape index (κ2) is 5.80. The largest absolute Gasteiger partial charge is 0.322 e. The monoisotopic (exact) mass is 311 g/mol. The van der Waals surface area contributed by atoms with E-state index < -0.39 is 22.3 Å². The quantitative estimate of drug-likeness (QED) is 0.592. The maximum absolute atomic E-state index is 13.3. The molecule has 0 spiro atoms. The molecule has 3 rings (SSSR count). The van der Waals surface area contributed by atoms with Crippen molar-refractivity contribution in [3.8, 4) is 0 Å². The summed E-state index contributed by atoms with van der Waals surface area (Å²) >= 11 is 0. The van der Waals surface area contributed by atoms with Crippen LogP contribution in [0, 0.1) is 15.9 Å². The number of aromatic nitrogens is 1. The Hall–Kier alpha value is -3.35. The van der Waals surface area contributed by atoms with Crippen molar-refractivity contribution >= 4 is 28.2 Å². The second-order valence-corrected chi connectivity index (χ2v) is 4.75. The number of fused-ring (bicyclic) bond motifs is 1. The van der Waals surface area contributed by atoms with Crippen molar-refractivity contribution in [2.24, 2.45) is 0 Å². The predicted octanol–water partition coefficient (Wildman–Crippen LogP) is 3.53. The molecular formula is C16H10FN3O3. The average molecular weight is 311 g/mol. The number of nitro benzene ring substituents is 1. The predicted molar refractivity (Wildman–Crippen MR) is 82.8 cm³/mol. The average Bonchev–Trinajstić information content (AvgIpc) is 2.55. The molecule has 0 radical (unpaired) electrons. The highest BCUT2D eigenvalue weighted by Crippen LogP contribution is 2.23. The van der Waals surface area contributed by atoms with Gasteiger partial charge in [-0.3, -0.25) is 19.9 Å². The Bertz CT molecular complexity index is 922. The van der Waals surface area contributed by atoms with E-state index in [1.54, 1.807) is 30.3 Å². The van der Waals surface area contributed by atoms with Gasteiger partial charge in [-0.25, -0.2) is 0 Å². The number of nitrogens with zero attached hydrogens (tertiary/aromatic N) is 2. The first kappa shape index (κ1) is 14.6. The molecule has 1 aromatic heterocycles. The summed E-state index contributed by atoms with van der Waals surface area (Å²) < 4.78 is 13.3. The van der Waals surface area contributed by atoms with Crippen LogP contribution in [0.5, 0.6) is 0 Å². The third-order valence-corrected chi connectivity index (χ3v) is 3.29. The number of amides is 1. The SMILES string of the molecule is O=C(Nc1ccc(F)c([N+](=O)[O-])c1)c1ccnc2ccccc12. The van der Waals surface area contributed by atoms with Crippen molar-refractivity contribution in [2.45, 2.75) is 0 Å². The fourth-order valence-corrected chi connectivity index (χ4v) is 2.22. The minimum absolute atomic E-state index is 0.143. The lowest BCUT2D eigenvalue weighted by Gasteiger charge is -2.08. The molecule has 23 heavy (non-hydrogen) atoms. The Labute approximate surface area is 129 Å². The Morgan fingerprint density at radius 2 is 1.96 bits per heavy atom. The summed E-state index contributed by atoms with van der Waals surface area (Å²) in [6.45, 7) is 0. The maximum atomic E-state index is 13.3. The van der Waals surface area contributed by atoms with Crippen molar-refractivity contribution in [3.05, 3.63) is 76.2 Å². The number of carbonyl (C=O) groups excluding carboxylic acids is 1. The molecule has 0 aliphatic heterocycles. The molecule has 0 aliphatic carbocycles. The van der Waals surface area contributed by atoms with E-state index in [4.69, 9.17) is 0 Å². The number of rotatable bonds is 3. The maximum Gasteiger partial charge on any atom is 0.306 e. The number of carbonyl (C=O) groups is 1. The summed E-state index contributed by atoms with van der Waals surface area (Å²) in [6, 6.07) is 11.9. The summed E-state index contributed by atoms with van der Waals surface area (Å²) in [5, 5.41) is 13.9. The van der Waals surface area contributed by atoms with E-state index in [9.17, 15) is 19.3 Å². The number of nitrogens with one attached hydrogen (secondary N) is 1. The van der Waals surface area contributed by atoms with Crippen molar-refractivity contribution < 1.29 is 14.1 Å². The minimum Gasteiger partial charge on any atom is -0.322 e. The van der Waals surface area contributed by atoms with E-state index in [2.05, 4.69) is 10.3 Å². The third kappa shape index (κ3) is 2.84. The van der Waals surface area contributed by atoms with Crippen LogP contribution in [-0.2, 0) is 0 Å². The molecule has 6 nitrogen and oxygen atoms in total. The van der Waals surface area contributed by atoms with Crippen molar-refractivity contribution in [2.75, 3.05) is 5.32 Å². The number of para-hydroxylation sites is 1. The Balaban J connectivity index is 1.95. The van der Waals surface area contributed by atoms with Gasteiger partial charge >= 0.3 is 5.69 Å². The van der Waals surface area contributed by atoms with Crippen LogP contribution in [-0.4, -0.2) is 15.8 Å². The third-order valence-electron chi connectivity index (χ3n) is 3.29. The topological polar surface area (TPSA) is 85.1 Å². The first-order valence-electron chi connectivity index (χ1n) is 6.65. The highest BCUT2D eigenvalue weighted by atomic mass is 19.1. The van der Waals surface area contributed by atoms with E-state index in [-0.39, 0.29) is 5.69 Å². The van der Waals surface area contributed by atoms with E-state index >= 15 is 0 Å². The number of halogens is 1. The molecule has 0 unspecified atom stereocenters. The highest BCUT2D eigenvalue weighted by Gasteiger charge is 2.16. The van der Waals surface area contributed by atoms with Crippen LogP contribution in [0.3, 0.4) is 0 Å². The molecule has 1 amide bonds. The van der Waals surface area contributed by atoms with Gasteiger partial charge in [0.25, 0.3) is 5.91 Å². The molecule has 1 N–H and O–H groups in total. The van der Waals surface area contributed by atoms with Gasteiger partial charge in [-0.15, -0.1) is 0 Å². The summed E-state index contributed by atoms with van der Waals surface area (Å²) in [5.74, 6) is -1.41. The molecule has 0 saturated carbocycles. The zero-order valence-electron chi connectivity index (χ0n) is 11.7. The Morgan fingerprint density at radius 1 is 1.17 bits per heavy atom. The van der Waals surface area contributed by atoms with Crippen molar-refractivity contribution in [3.63, 3.8) is 0 Å². The molecule has 7 heteroatoms. The fourth-order valence-electron chi connectivity index (χ4n) is 2.22. The fraction of sp³-hybridized carbons (Fsp3) is 0. The van der Waals surface area contributed by atoms with Gasteiger partial charge < -0.3 is 5.32 Å². The van der Waals surface area contributed by atoms with Gasteiger partial charge in [-0.1, -0.05) is 18.2 Å². The van der Waals surface area contributed by atoms with Gasteiger partial charge in [-0.05, 0) is 24.3 Å². The molecule has 114 valence electrons. The van der Waals surface area contributed by atoms with Crippen LogP contribution in [0.15, 0.2) is 54.7 Å². The van der Waals surface area contributed by atoms with E-state index in [0.29, 0.717) is 16.5 Å². The first-order chi connectivity index (χ1) is 11.1. The van der Waals surface area contributed by atoms with Crippen LogP contribution in [0.4, 0.5) is 15.8 Å². The van der Waals surface area contributed by atoms with Gasteiger partial charge in [0.05, 0.1) is 16.0 Å². The van der Waals surface area contributed by atoms with Gasteiger partial charge in [0.15, 0.2) is 0 Å². The lowest BCUT2D eigenvalue weighted by atomic mass is 10.1. The summed E-state index contributed by atoms with van der Waals surface area (Å²) in [7, 11) is 0. The van der Waals surface area contributed by atoms with Crippen LogP contribution < -0.4 is 5.32 Å². The number of nitro groups is 1. The molecule has 3 aromatic rings. The number of benzene rings is 2. The molecule has 0 fully saturated rings. The first-order valence-corrected chi connectivity index (χ1v) is 6.65. The molecule has 0 aliphatic rings. The molecule has 0 atom stereocenters. The van der Waals surface area contributed by atoms with Gasteiger partial charge in [0.2, 0.25) is 5.82 Å². The van der Waals surface area contributed by atoms with Gasteiger partial charge in [0, 0.05) is 23.3 Å². The van der Waals surface area contributed by atoms with Crippen LogP contribution in [0.2, 0.25) is 0 Å². The molecule has 2 aromatic carbocycles. The van der Waals surface area contributed by atoms with Crippen LogP contribution in [0.25, 0.3) is 10.9 Å². The lowest BCUT2D eigenvalue weighted by molar-refractivity contribution is -0.387. The van der Waals surface area contributed by atoms with Gasteiger partial charge in [-0.2, -0.15) is 4.39 Å². The zero-order valence-corrected chi connectivity index (χ0v) is 11.7. The molecule has 0 saturated heterocycles. The Morgan fingerprint density at radius 3 is 2.74 bits per heavy atom. The standard InChI is InChI=1S/C16H10FN3O3/c17-13-6-5-10(9-15(13)20(22)23)19-16(21)12-7-8-18-14-4-2-1-3-11(12)14/h1-9H,(H,19,21). The molecule has 0 bridgehead atoms. The smallest absolute Gasteiger partial charge is 0.306 e. The van der Waals surface area contributed by atoms with E-state index in [1.807, 2.05) is 0 Å². The molecular weight excluding hydrogens is 301 g/mol. The van der Waals surface area contributed by atoms with E-state index in [1.165, 1.54) is 12.3 Å². The normalized spacial score (nSPS) is 10.5. The van der Waals surface area contributed by atoms with Gasteiger partial charge in [0.1, 0.15) is 0 Å². The van der Waals surface area contributed by atoms with E-state index in [0.717, 1.165) is 12.1 Å².